The molecule has 0 bridgehead atoms. The Morgan fingerprint density at radius 2 is 1.63 bits per heavy atom. The monoisotopic (exact) mass is 487 g/mol. The molecule has 7 nitrogen and oxygen atoms in total. The first-order valence-corrected chi connectivity index (χ1v) is 12.9. The van der Waals surface area contributed by atoms with Crippen LogP contribution in [0.2, 0.25) is 0 Å². The minimum Gasteiger partial charge on any atom is -0.383 e. The van der Waals surface area contributed by atoms with Gasteiger partial charge in [0.15, 0.2) is 0 Å². The quantitative estimate of drug-likeness (QED) is 0.386. The largest absolute Gasteiger partial charge is 0.383 e. The van der Waals surface area contributed by atoms with Crippen LogP contribution in [0.15, 0.2) is 59.6 Å². The molecule has 8 heteroatoms. The Kier molecular flexibility index (Phi) is 6.66. The predicted molar refractivity (Wildman–Crippen MR) is 139 cm³/mol. The fourth-order valence-corrected chi connectivity index (χ4v) is 6.21. The molecule has 1 heterocycles. The van der Waals surface area contributed by atoms with Gasteiger partial charge in [-0.05, 0) is 87.7 Å². The molecule has 3 aromatic carbocycles. The molecule has 0 spiro atoms. The van der Waals surface area contributed by atoms with Gasteiger partial charge in [-0.1, -0.05) is 17.7 Å². The highest BCUT2D eigenvalue weighted by molar-refractivity contribution is 7.89. The normalized spacial score (nSPS) is 12.5. The predicted octanol–water partition coefficient (Wildman–Crippen LogP) is 4.91. The molecule has 35 heavy (non-hydrogen) atoms. The highest BCUT2D eigenvalue weighted by Gasteiger charge is 2.22. The van der Waals surface area contributed by atoms with Crippen molar-refractivity contribution < 1.29 is 8.42 Å². The Balaban J connectivity index is 1.55. The van der Waals surface area contributed by atoms with Crippen LogP contribution in [-0.2, 0) is 10.0 Å². The minimum atomic E-state index is -3.66. The number of hydrogen-bond donors (Lipinski definition) is 2. The number of aryl methyl sites for hydroxylation is 4. The van der Waals surface area contributed by atoms with E-state index in [1.54, 1.807) is 18.3 Å². The number of benzene rings is 3. The summed E-state index contributed by atoms with van der Waals surface area (Å²) in [5.41, 5.74) is 6.84. The fourth-order valence-electron chi connectivity index (χ4n) is 4.52. The van der Waals surface area contributed by atoms with Crippen molar-refractivity contribution in [3.63, 3.8) is 0 Å². The molecule has 0 saturated heterocycles. The van der Waals surface area contributed by atoms with Gasteiger partial charge in [-0.25, -0.2) is 17.8 Å². The average molecular weight is 488 g/mol. The van der Waals surface area contributed by atoms with Crippen LogP contribution < -0.4 is 10.0 Å². The van der Waals surface area contributed by atoms with Crippen LogP contribution in [0.1, 0.15) is 34.7 Å². The number of fused-ring (bicyclic) bond motifs is 1. The minimum absolute atomic E-state index is 0.343. The van der Waals surface area contributed by atoms with Crippen LogP contribution in [0.5, 0.6) is 0 Å². The maximum absolute atomic E-state index is 13.1. The molecule has 1 atom stereocenters. The molecular formula is C27H29N5O2S. The SMILES string of the molecule is Cc1cc(C)c(S(=O)(=O)N[C@@H](C)CNc2cc(C)cc3c2cnn3-c2ccc(C#N)cc2)c(C)c1. The molecule has 0 aliphatic rings. The zero-order valence-corrected chi connectivity index (χ0v) is 21.4. The summed E-state index contributed by atoms with van der Waals surface area (Å²) in [6.07, 6.45) is 1.79. The van der Waals surface area contributed by atoms with Crippen molar-refractivity contribution >= 4 is 26.6 Å². The second-order valence-corrected chi connectivity index (χ2v) is 10.7. The van der Waals surface area contributed by atoms with Crippen LogP contribution in [0, 0.1) is 39.0 Å². The lowest BCUT2D eigenvalue weighted by molar-refractivity contribution is 0.564. The standard InChI is InChI=1S/C27H29N5O2S/c1-17-10-19(3)27(20(4)11-17)35(33,34)31-21(5)15-29-25-12-18(2)13-26-24(25)16-30-32(26)23-8-6-22(14-28)7-9-23/h6-13,16,21,29,31H,15H2,1-5H3/t21-/m0/s1. The number of aromatic nitrogens is 2. The van der Waals surface area contributed by atoms with Gasteiger partial charge in [0.1, 0.15) is 0 Å². The summed E-state index contributed by atoms with van der Waals surface area (Å²) in [4.78, 5) is 0.344. The van der Waals surface area contributed by atoms with E-state index in [2.05, 4.69) is 27.3 Å². The number of rotatable bonds is 7. The van der Waals surface area contributed by atoms with E-state index in [4.69, 9.17) is 5.26 Å². The molecule has 1 aromatic heterocycles. The molecule has 0 unspecified atom stereocenters. The third-order valence-corrected chi connectivity index (χ3v) is 7.80. The lowest BCUT2D eigenvalue weighted by Gasteiger charge is -2.19. The topological polar surface area (TPSA) is 99.8 Å². The average Bonchev–Trinajstić information content (AvgIpc) is 3.20. The summed E-state index contributed by atoms with van der Waals surface area (Å²) in [6.45, 7) is 9.87. The second kappa shape index (κ2) is 9.53. The molecule has 0 saturated carbocycles. The Morgan fingerprint density at radius 1 is 1.00 bits per heavy atom. The first-order chi connectivity index (χ1) is 16.6. The van der Waals surface area contributed by atoms with Crippen molar-refractivity contribution in [2.75, 3.05) is 11.9 Å². The van der Waals surface area contributed by atoms with Crippen molar-refractivity contribution in [3.8, 4) is 11.8 Å². The molecule has 0 aliphatic carbocycles. The summed E-state index contributed by atoms with van der Waals surface area (Å²) in [7, 11) is -3.66. The van der Waals surface area contributed by atoms with Gasteiger partial charge in [0.25, 0.3) is 0 Å². The molecule has 4 rings (SSSR count). The van der Waals surface area contributed by atoms with Gasteiger partial charge < -0.3 is 5.32 Å². The van der Waals surface area contributed by atoms with Crippen molar-refractivity contribution in [2.24, 2.45) is 0 Å². The van der Waals surface area contributed by atoms with Crippen molar-refractivity contribution in [1.82, 2.24) is 14.5 Å². The summed E-state index contributed by atoms with van der Waals surface area (Å²) in [6, 6.07) is 16.9. The van der Waals surface area contributed by atoms with Crippen LogP contribution >= 0.6 is 0 Å². The zero-order valence-electron chi connectivity index (χ0n) is 20.5. The van der Waals surface area contributed by atoms with Crippen LogP contribution in [0.4, 0.5) is 5.69 Å². The maximum atomic E-state index is 13.1. The molecule has 4 aromatic rings. The van der Waals surface area contributed by atoms with Crippen molar-refractivity contribution in [1.29, 1.82) is 5.26 Å². The molecule has 180 valence electrons. The summed E-state index contributed by atoms with van der Waals surface area (Å²) in [5.74, 6) is 0. The Labute approximate surface area is 206 Å². The smallest absolute Gasteiger partial charge is 0.241 e. The number of nitrogens with one attached hydrogen (secondary N) is 2. The molecule has 2 N–H and O–H groups in total. The fraction of sp³-hybridized carbons (Fsp3) is 0.259. The first kappa shape index (κ1) is 24.5. The van der Waals surface area contributed by atoms with Crippen LogP contribution in [0.25, 0.3) is 16.6 Å². The van der Waals surface area contributed by atoms with E-state index in [9.17, 15) is 8.42 Å². The van der Waals surface area contributed by atoms with E-state index in [1.807, 2.05) is 69.6 Å². The molecule has 0 amide bonds. The number of hydrogen-bond acceptors (Lipinski definition) is 5. The maximum Gasteiger partial charge on any atom is 0.241 e. The van der Waals surface area contributed by atoms with Crippen LogP contribution in [-0.4, -0.2) is 30.8 Å². The Bertz CT molecular complexity index is 1520. The highest BCUT2D eigenvalue weighted by Crippen LogP contribution is 2.28. The molecule has 0 aliphatic heterocycles. The van der Waals surface area contributed by atoms with Crippen molar-refractivity contribution in [3.05, 3.63) is 82.5 Å². The van der Waals surface area contributed by atoms with Crippen LogP contribution in [0.3, 0.4) is 0 Å². The third kappa shape index (κ3) is 5.06. The first-order valence-electron chi connectivity index (χ1n) is 11.4. The molecule has 0 radical (unpaired) electrons. The van der Waals surface area contributed by atoms with E-state index in [1.165, 1.54) is 0 Å². The van der Waals surface area contributed by atoms with E-state index in [-0.39, 0.29) is 6.04 Å². The lowest BCUT2D eigenvalue weighted by Crippen LogP contribution is -2.38. The molecular weight excluding hydrogens is 458 g/mol. The van der Waals surface area contributed by atoms with Gasteiger partial charge in [0, 0.05) is 23.7 Å². The lowest BCUT2D eigenvalue weighted by atomic mass is 10.1. The third-order valence-electron chi connectivity index (χ3n) is 5.90. The van der Waals surface area contributed by atoms with Gasteiger partial charge in [-0.2, -0.15) is 10.4 Å². The van der Waals surface area contributed by atoms with Gasteiger partial charge in [-0.15, -0.1) is 0 Å². The summed E-state index contributed by atoms with van der Waals surface area (Å²) >= 11 is 0. The second-order valence-electron chi connectivity index (χ2n) is 9.09. The summed E-state index contributed by atoms with van der Waals surface area (Å²) < 4.78 is 30.9. The molecule has 0 fully saturated rings. The van der Waals surface area contributed by atoms with E-state index in [0.29, 0.717) is 17.0 Å². The Morgan fingerprint density at radius 3 is 2.26 bits per heavy atom. The van der Waals surface area contributed by atoms with E-state index >= 15 is 0 Å². The number of sulfonamides is 1. The van der Waals surface area contributed by atoms with Gasteiger partial charge in [0.2, 0.25) is 10.0 Å². The Hall–Kier alpha value is -3.67. The number of nitriles is 1. The number of nitrogens with zero attached hydrogens (tertiary/aromatic N) is 3. The van der Waals surface area contributed by atoms with Gasteiger partial charge >= 0.3 is 0 Å². The van der Waals surface area contributed by atoms with Crippen molar-refractivity contribution in [2.45, 2.75) is 45.6 Å². The number of anilines is 1. The van der Waals surface area contributed by atoms with E-state index < -0.39 is 10.0 Å². The van der Waals surface area contributed by atoms with Gasteiger partial charge in [-0.3, -0.25) is 0 Å². The highest BCUT2D eigenvalue weighted by atomic mass is 32.2. The zero-order chi connectivity index (χ0) is 25.3. The van der Waals surface area contributed by atoms with Gasteiger partial charge in [0.05, 0.1) is 33.9 Å². The summed E-state index contributed by atoms with van der Waals surface area (Å²) in [5, 5.41) is 17.9. The van der Waals surface area contributed by atoms with E-state index in [0.717, 1.165) is 44.5 Å².